The van der Waals surface area contributed by atoms with Gasteiger partial charge in [0, 0.05) is 30.8 Å². The van der Waals surface area contributed by atoms with Gasteiger partial charge in [-0.05, 0) is 96.6 Å². The van der Waals surface area contributed by atoms with Gasteiger partial charge in [-0.1, -0.05) is 37.3 Å². The summed E-state index contributed by atoms with van der Waals surface area (Å²) in [6.45, 7) is 3.70. The van der Waals surface area contributed by atoms with Crippen LogP contribution in [-0.2, 0) is 17.8 Å². The number of aliphatic carboxylic acids is 1. The number of fused-ring (bicyclic) bond motifs is 3. The third-order valence-electron chi connectivity index (χ3n) is 10.2. The van der Waals surface area contributed by atoms with Crippen molar-refractivity contribution in [3.8, 4) is 22.8 Å². The first-order valence-electron chi connectivity index (χ1n) is 15.5. The maximum Gasteiger partial charge on any atom is 0.306 e. The van der Waals surface area contributed by atoms with Gasteiger partial charge in [-0.2, -0.15) is 0 Å². The molecule has 42 heavy (non-hydrogen) atoms. The van der Waals surface area contributed by atoms with Crippen molar-refractivity contribution < 1.29 is 23.8 Å². The van der Waals surface area contributed by atoms with Gasteiger partial charge in [0.25, 0.3) is 0 Å². The van der Waals surface area contributed by atoms with Crippen molar-refractivity contribution in [3.63, 3.8) is 0 Å². The van der Waals surface area contributed by atoms with Crippen LogP contribution in [0.1, 0.15) is 79.7 Å². The molecule has 1 N–H and O–H groups in total. The lowest BCUT2D eigenvalue weighted by Crippen LogP contribution is -2.31. The molecular weight excluding hydrogens is 531 g/mol. The number of piperidine rings is 1. The zero-order chi connectivity index (χ0) is 29.0. The van der Waals surface area contributed by atoms with E-state index in [0.29, 0.717) is 23.4 Å². The number of carboxylic acid groups (broad SMARTS) is 1. The molecule has 3 heterocycles. The van der Waals surface area contributed by atoms with Gasteiger partial charge in [-0.15, -0.1) is 0 Å². The SMILES string of the molecule is COc1cc(-c2ccc([C@@H]3CCc4ccc([C@H](C5CC5)[C@H](C)C(=O)O)cc4O3)cc2CN2C[C@H]3CC[C@@H]2C3)c(F)cn1. The maximum absolute atomic E-state index is 15.1. The van der Waals surface area contributed by atoms with Crippen LogP contribution in [0.4, 0.5) is 4.39 Å². The number of aryl methyl sites for hydroxylation is 1. The van der Waals surface area contributed by atoms with Gasteiger partial charge in [0.2, 0.25) is 5.88 Å². The van der Waals surface area contributed by atoms with Gasteiger partial charge >= 0.3 is 5.97 Å². The van der Waals surface area contributed by atoms with E-state index in [1.165, 1.54) is 31.0 Å². The quantitative estimate of drug-likeness (QED) is 0.294. The minimum Gasteiger partial charge on any atom is -0.485 e. The molecule has 3 fully saturated rings. The van der Waals surface area contributed by atoms with Crippen molar-refractivity contribution in [1.29, 1.82) is 0 Å². The van der Waals surface area contributed by atoms with Gasteiger partial charge in [0.05, 0.1) is 19.2 Å². The van der Waals surface area contributed by atoms with Crippen LogP contribution in [0.15, 0.2) is 48.7 Å². The molecular formula is C35H39FN2O4. The Bertz CT molecular complexity index is 1500. The summed E-state index contributed by atoms with van der Waals surface area (Å²) in [5.41, 5.74) is 5.80. The molecule has 220 valence electrons. The number of hydrogen-bond donors (Lipinski definition) is 1. The number of nitrogens with zero attached hydrogens (tertiary/aromatic N) is 2. The molecule has 7 heteroatoms. The van der Waals surface area contributed by atoms with E-state index in [4.69, 9.17) is 9.47 Å². The van der Waals surface area contributed by atoms with Crippen LogP contribution >= 0.6 is 0 Å². The molecule has 4 aliphatic rings. The standard InChI is InChI=1S/C35H39FN2O4/c1-20(35(39)40)34(23-5-6-23)25-7-4-22-9-12-31(42-32(22)15-25)24-8-11-28(29-16-33(41-2)37-17-30(29)36)26(14-24)19-38-18-21-3-10-27(38)13-21/h4,7-8,11,14-17,20-21,23,27,31,34H,3,5-6,9-10,12-13,18-19H2,1-2H3,(H,39,40)/t20-,21-,27+,31-,34-/m0/s1. The summed E-state index contributed by atoms with van der Waals surface area (Å²) in [4.78, 5) is 18.5. The van der Waals surface area contributed by atoms with Crippen LogP contribution in [0.2, 0.25) is 0 Å². The van der Waals surface area contributed by atoms with Crippen molar-refractivity contribution in [3.05, 3.63) is 76.7 Å². The van der Waals surface area contributed by atoms with Gasteiger partial charge < -0.3 is 14.6 Å². The zero-order valence-corrected chi connectivity index (χ0v) is 24.4. The molecule has 2 aliphatic carbocycles. The fourth-order valence-corrected chi connectivity index (χ4v) is 7.79. The van der Waals surface area contributed by atoms with Gasteiger partial charge in [0.15, 0.2) is 0 Å². The number of halogens is 1. The summed E-state index contributed by atoms with van der Waals surface area (Å²) < 4.78 is 27.1. The minimum atomic E-state index is -0.745. The molecule has 0 radical (unpaired) electrons. The average molecular weight is 571 g/mol. The molecule has 0 spiro atoms. The largest absolute Gasteiger partial charge is 0.485 e. The highest BCUT2D eigenvalue weighted by Crippen LogP contribution is 2.48. The molecule has 6 nitrogen and oxygen atoms in total. The molecule has 1 aromatic heterocycles. The highest BCUT2D eigenvalue weighted by Gasteiger charge is 2.40. The van der Waals surface area contributed by atoms with Crippen molar-refractivity contribution >= 4 is 5.97 Å². The predicted molar refractivity (Wildman–Crippen MR) is 158 cm³/mol. The number of hydrogen-bond acceptors (Lipinski definition) is 5. The molecule has 2 aromatic carbocycles. The van der Waals surface area contributed by atoms with E-state index in [1.54, 1.807) is 13.2 Å². The van der Waals surface area contributed by atoms with E-state index >= 15 is 4.39 Å². The predicted octanol–water partition coefficient (Wildman–Crippen LogP) is 7.16. The Morgan fingerprint density at radius 1 is 1.12 bits per heavy atom. The molecule has 7 rings (SSSR count). The molecule has 2 aliphatic heterocycles. The van der Waals surface area contributed by atoms with Crippen LogP contribution < -0.4 is 9.47 Å². The van der Waals surface area contributed by atoms with E-state index in [-0.39, 0.29) is 17.8 Å². The molecule has 3 aromatic rings. The fraction of sp³-hybridized carbons (Fsp3) is 0.486. The Balaban J connectivity index is 1.20. The maximum atomic E-state index is 15.1. The summed E-state index contributed by atoms with van der Waals surface area (Å²) in [5, 5.41) is 9.76. The van der Waals surface area contributed by atoms with E-state index in [2.05, 4.69) is 40.2 Å². The van der Waals surface area contributed by atoms with Gasteiger partial charge in [-0.25, -0.2) is 9.37 Å². The van der Waals surface area contributed by atoms with Crippen molar-refractivity contribution in [2.45, 2.75) is 76.5 Å². The Hall–Kier alpha value is -3.45. The first-order chi connectivity index (χ1) is 20.4. The summed E-state index contributed by atoms with van der Waals surface area (Å²) in [6, 6.07) is 14.9. The van der Waals surface area contributed by atoms with Crippen molar-refractivity contribution in [2.24, 2.45) is 17.8 Å². The number of pyridine rings is 1. The number of benzene rings is 2. The van der Waals surface area contributed by atoms with Crippen LogP contribution in [0, 0.1) is 23.6 Å². The number of aromatic nitrogens is 1. The minimum absolute atomic E-state index is 0.00528. The Morgan fingerprint density at radius 2 is 1.98 bits per heavy atom. The van der Waals surface area contributed by atoms with Gasteiger partial charge in [-0.3, -0.25) is 9.69 Å². The summed E-state index contributed by atoms with van der Waals surface area (Å²) in [7, 11) is 1.55. The first-order valence-corrected chi connectivity index (χ1v) is 15.5. The van der Waals surface area contributed by atoms with E-state index in [0.717, 1.165) is 72.7 Å². The Morgan fingerprint density at radius 3 is 2.69 bits per heavy atom. The van der Waals surface area contributed by atoms with Gasteiger partial charge in [0.1, 0.15) is 17.7 Å². The van der Waals surface area contributed by atoms with E-state index in [1.807, 2.05) is 13.0 Å². The zero-order valence-electron chi connectivity index (χ0n) is 24.4. The molecule has 0 amide bonds. The third-order valence-corrected chi connectivity index (χ3v) is 10.2. The topological polar surface area (TPSA) is 71.9 Å². The summed E-state index contributed by atoms with van der Waals surface area (Å²) >= 11 is 0. The summed E-state index contributed by atoms with van der Waals surface area (Å²) in [5.74, 6) is 0.927. The monoisotopic (exact) mass is 570 g/mol. The van der Waals surface area contributed by atoms with Crippen LogP contribution in [0.3, 0.4) is 0 Å². The lowest BCUT2D eigenvalue weighted by molar-refractivity contribution is -0.142. The number of likely N-dealkylation sites (tertiary alicyclic amines) is 1. The molecule has 2 bridgehead atoms. The van der Waals surface area contributed by atoms with Crippen molar-refractivity contribution in [1.82, 2.24) is 9.88 Å². The number of carbonyl (C=O) groups is 1. The highest BCUT2D eigenvalue weighted by atomic mass is 19.1. The van der Waals surface area contributed by atoms with Crippen LogP contribution in [-0.4, -0.2) is 40.7 Å². The molecule has 1 saturated heterocycles. The second-order valence-corrected chi connectivity index (χ2v) is 12.9. The van der Waals surface area contributed by atoms with Crippen LogP contribution in [0.25, 0.3) is 11.1 Å². The molecule has 2 saturated carbocycles. The second-order valence-electron chi connectivity index (χ2n) is 12.9. The number of rotatable bonds is 9. The van der Waals surface area contributed by atoms with Crippen molar-refractivity contribution in [2.75, 3.05) is 13.7 Å². The number of ether oxygens (including phenoxy) is 2. The lowest BCUT2D eigenvalue weighted by Gasteiger charge is -2.30. The summed E-state index contributed by atoms with van der Waals surface area (Å²) in [6.07, 6.45) is 8.85. The second kappa shape index (κ2) is 11.0. The highest BCUT2D eigenvalue weighted by molar-refractivity contribution is 5.71. The first kappa shape index (κ1) is 27.4. The normalized spacial score (nSPS) is 24.6. The van der Waals surface area contributed by atoms with Crippen LogP contribution in [0.5, 0.6) is 11.6 Å². The molecule has 0 unspecified atom stereocenters. The number of carboxylic acids is 1. The smallest absolute Gasteiger partial charge is 0.306 e. The Kier molecular flexibility index (Phi) is 7.17. The fourth-order valence-electron chi connectivity index (χ4n) is 7.79. The lowest BCUT2D eigenvalue weighted by atomic mass is 9.82. The van der Waals surface area contributed by atoms with E-state index < -0.39 is 11.9 Å². The number of methoxy groups -OCH3 is 1. The Labute approximate surface area is 246 Å². The molecule has 5 atom stereocenters. The third kappa shape index (κ3) is 5.17. The van der Waals surface area contributed by atoms with E-state index in [9.17, 15) is 9.90 Å². The average Bonchev–Trinajstić information content (AvgIpc) is 3.61.